The van der Waals surface area contributed by atoms with E-state index in [0.717, 1.165) is 0 Å². The number of benzene rings is 1. The third-order valence-electron chi connectivity index (χ3n) is 3.17. The van der Waals surface area contributed by atoms with Crippen molar-refractivity contribution in [3.8, 4) is 5.75 Å². The van der Waals surface area contributed by atoms with E-state index < -0.39 is 0 Å². The second-order valence-electron chi connectivity index (χ2n) is 5.75. The van der Waals surface area contributed by atoms with Crippen LogP contribution in [-0.2, 0) is 0 Å². The van der Waals surface area contributed by atoms with Gasteiger partial charge in [0.25, 0.3) is 5.91 Å². The molecular weight excluding hydrogens is 278 g/mol. The van der Waals surface area contributed by atoms with E-state index in [1.807, 2.05) is 20.8 Å². The first-order valence-electron chi connectivity index (χ1n) is 6.55. The molecule has 0 aromatic heterocycles. The zero-order valence-electron chi connectivity index (χ0n) is 12.4. The van der Waals surface area contributed by atoms with Crippen molar-refractivity contribution in [1.82, 2.24) is 5.32 Å². The molecule has 1 rings (SSSR count). The molecule has 0 aliphatic carbocycles. The van der Waals surface area contributed by atoms with Crippen LogP contribution in [-0.4, -0.2) is 30.8 Å². The van der Waals surface area contributed by atoms with Crippen LogP contribution in [0, 0.1) is 5.41 Å². The van der Waals surface area contributed by atoms with E-state index in [1.165, 1.54) is 7.11 Å². The van der Waals surface area contributed by atoms with Crippen LogP contribution in [0.3, 0.4) is 0 Å². The van der Waals surface area contributed by atoms with Crippen molar-refractivity contribution in [3.05, 3.63) is 28.8 Å². The lowest BCUT2D eigenvalue weighted by molar-refractivity contribution is 0.0882. The van der Waals surface area contributed by atoms with Gasteiger partial charge in [0, 0.05) is 17.7 Å². The Hall–Kier alpha value is -1.26. The average molecular weight is 300 g/mol. The number of carbonyl (C=O) groups is 1. The summed E-state index contributed by atoms with van der Waals surface area (Å²) in [4.78, 5) is 12.4. The van der Waals surface area contributed by atoms with Gasteiger partial charge in [-0.1, -0.05) is 32.4 Å². The predicted octanol–water partition coefficient (Wildman–Crippen LogP) is 2.88. The van der Waals surface area contributed by atoms with E-state index in [4.69, 9.17) is 21.4 Å². The largest absolute Gasteiger partial charge is 0.496 e. The molecule has 20 heavy (non-hydrogen) atoms. The second-order valence-corrected chi connectivity index (χ2v) is 6.19. The van der Waals surface area contributed by atoms with Crippen LogP contribution < -0.4 is 10.1 Å². The number of halogens is 1. The van der Waals surface area contributed by atoms with Crippen molar-refractivity contribution >= 4 is 17.5 Å². The number of amides is 1. The molecule has 112 valence electrons. The van der Waals surface area contributed by atoms with Crippen molar-refractivity contribution in [3.63, 3.8) is 0 Å². The molecule has 0 spiro atoms. The van der Waals surface area contributed by atoms with Gasteiger partial charge in [-0.2, -0.15) is 0 Å². The van der Waals surface area contributed by atoms with Crippen LogP contribution in [0.1, 0.15) is 37.6 Å². The number of methoxy groups -OCH3 is 1. The fourth-order valence-electron chi connectivity index (χ4n) is 1.94. The zero-order chi connectivity index (χ0) is 15.3. The van der Waals surface area contributed by atoms with Crippen LogP contribution in [0.15, 0.2) is 18.2 Å². The van der Waals surface area contributed by atoms with Gasteiger partial charge in [-0.05, 0) is 30.0 Å². The van der Waals surface area contributed by atoms with Crippen molar-refractivity contribution in [1.29, 1.82) is 0 Å². The molecule has 0 aliphatic heterocycles. The summed E-state index contributed by atoms with van der Waals surface area (Å²) in [5.41, 5.74) is 0.247. The molecular formula is C15H22ClNO3. The number of hydrogen-bond acceptors (Lipinski definition) is 3. The Morgan fingerprint density at radius 2 is 2.10 bits per heavy atom. The Balaban J connectivity index is 2.97. The van der Waals surface area contributed by atoms with Crippen LogP contribution in [0.5, 0.6) is 5.75 Å². The summed E-state index contributed by atoms with van der Waals surface area (Å²) in [6.45, 7) is 6.07. The third kappa shape index (κ3) is 4.39. The maximum Gasteiger partial charge on any atom is 0.255 e. The van der Waals surface area contributed by atoms with E-state index in [9.17, 15) is 4.79 Å². The van der Waals surface area contributed by atoms with Gasteiger partial charge in [-0.15, -0.1) is 0 Å². The molecule has 0 radical (unpaired) electrons. The molecule has 0 fully saturated rings. The minimum atomic E-state index is -0.252. The van der Waals surface area contributed by atoms with Crippen LogP contribution in [0.25, 0.3) is 0 Å². The standard InChI is InChI=1S/C15H22ClNO3/c1-15(2,3)13(7-8-18)17-14(19)11-9-10(16)5-6-12(11)20-4/h5-6,9,13,18H,7-8H2,1-4H3,(H,17,19). The molecule has 0 aliphatic rings. The fraction of sp³-hybridized carbons (Fsp3) is 0.533. The quantitative estimate of drug-likeness (QED) is 0.879. The Morgan fingerprint density at radius 3 is 2.60 bits per heavy atom. The minimum Gasteiger partial charge on any atom is -0.496 e. The summed E-state index contributed by atoms with van der Waals surface area (Å²) < 4.78 is 5.18. The fourth-order valence-corrected chi connectivity index (χ4v) is 2.12. The molecule has 0 heterocycles. The van der Waals surface area contributed by atoms with Gasteiger partial charge >= 0.3 is 0 Å². The normalized spacial score (nSPS) is 12.9. The van der Waals surface area contributed by atoms with Gasteiger partial charge in [-0.3, -0.25) is 4.79 Å². The minimum absolute atomic E-state index is 0.0227. The van der Waals surface area contributed by atoms with Gasteiger partial charge < -0.3 is 15.2 Å². The maximum atomic E-state index is 12.4. The van der Waals surface area contributed by atoms with Crippen LogP contribution in [0.2, 0.25) is 5.02 Å². The van der Waals surface area contributed by atoms with Crippen molar-refractivity contribution in [2.75, 3.05) is 13.7 Å². The molecule has 5 heteroatoms. The smallest absolute Gasteiger partial charge is 0.255 e. The molecule has 0 saturated heterocycles. The highest BCUT2D eigenvalue weighted by molar-refractivity contribution is 6.31. The summed E-state index contributed by atoms with van der Waals surface area (Å²) in [5.74, 6) is 0.223. The highest BCUT2D eigenvalue weighted by Crippen LogP contribution is 2.25. The lowest BCUT2D eigenvalue weighted by atomic mass is 9.84. The van der Waals surface area contributed by atoms with Gasteiger partial charge in [0.1, 0.15) is 5.75 Å². The Morgan fingerprint density at radius 1 is 1.45 bits per heavy atom. The maximum absolute atomic E-state index is 12.4. The van der Waals surface area contributed by atoms with Crippen molar-refractivity contribution in [2.45, 2.75) is 33.2 Å². The van der Waals surface area contributed by atoms with Crippen LogP contribution in [0.4, 0.5) is 0 Å². The molecule has 4 nitrogen and oxygen atoms in total. The second kappa shape index (κ2) is 6.95. The first-order valence-corrected chi connectivity index (χ1v) is 6.92. The van der Waals surface area contributed by atoms with Gasteiger partial charge in [-0.25, -0.2) is 0 Å². The van der Waals surface area contributed by atoms with E-state index in [-0.39, 0.29) is 24.0 Å². The Bertz CT molecular complexity index is 469. The number of carbonyl (C=O) groups excluding carboxylic acids is 1. The number of nitrogens with one attached hydrogen (secondary N) is 1. The SMILES string of the molecule is COc1ccc(Cl)cc1C(=O)NC(CCO)C(C)(C)C. The van der Waals surface area contributed by atoms with Crippen molar-refractivity contribution in [2.24, 2.45) is 5.41 Å². The predicted molar refractivity (Wildman–Crippen MR) is 80.4 cm³/mol. The van der Waals surface area contributed by atoms with Gasteiger partial charge in [0.15, 0.2) is 0 Å². The first kappa shape index (κ1) is 16.8. The average Bonchev–Trinajstić information content (AvgIpc) is 2.37. The van der Waals surface area contributed by atoms with Gasteiger partial charge in [0.05, 0.1) is 12.7 Å². The molecule has 1 amide bonds. The van der Waals surface area contributed by atoms with Crippen LogP contribution >= 0.6 is 11.6 Å². The molecule has 1 aromatic rings. The number of ether oxygens (including phenoxy) is 1. The van der Waals surface area contributed by atoms with Crippen molar-refractivity contribution < 1.29 is 14.6 Å². The zero-order valence-corrected chi connectivity index (χ0v) is 13.1. The summed E-state index contributed by atoms with van der Waals surface area (Å²) in [6.07, 6.45) is 0.498. The van der Waals surface area contributed by atoms with E-state index in [1.54, 1.807) is 18.2 Å². The summed E-state index contributed by atoms with van der Waals surface area (Å²) >= 11 is 5.93. The molecule has 1 unspecified atom stereocenters. The topological polar surface area (TPSA) is 58.6 Å². The summed E-state index contributed by atoms with van der Waals surface area (Å²) in [7, 11) is 1.51. The van der Waals surface area contributed by atoms with Gasteiger partial charge in [0.2, 0.25) is 0 Å². The first-order chi connectivity index (χ1) is 9.29. The highest BCUT2D eigenvalue weighted by atomic mass is 35.5. The molecule has 1 aromatic carbocycles. The Labute approximate surface area is 125 Å². The molecule has 0 saturated carbocycles. The highest BCUT2D eigenvalue weighted by Gasteiger charge is 2.27. The lowest BCUT2D eigenvalue weighted by Gasteiger charge is -2.31. The number of rotatable bonds is 5. The lowest BCUT2D eigenvalue weighted by Crippen LogP contribution is -2.44. The van der Waals surface area contributed by atoms with E-state index >= 15 is 0 Å². The number of hydrogen-bond donors (Lipinski definition) is 2. The van der Waals surface area contributed by atoms with E-state index in [0.29, 0.717) is 22.8 Å². The summed E-state index contributed by atoms with van der Waals surface area (Å²) in [5, 5.41) is 12.5. The number of aliphatic hydroxyl groups excluding tert-OH is 1. The molecule has 2 N–H and O–H groups in total. The Kier molecular flexibility index (Phi) is 5.84. The molecule has 0 bridgehead atoms. The third-order valence-corrected chi connectivity index (χ3v) is 3.41. The van der Waals surface area contributed by atoms with E-state index in [2.05, 4.69) is 5.32 Å². The summed E-state index contributed by atoms with van der Waals surface area (Å²) in [6, 6.07) is 4.78. The number of aliphatic hydroxyl groups is 1. The molecule has 1 atom stereocenters. The monoisotopic (exact) mass is 299 g/mol.